The summed E-state index contributed by atoms with van der Waals surface area (Å²) in [4.78, 5) is 11.1. The molecule has 4 heteroatoms. The van der Waals surface area contributed by atoms with Crippen molar-refractivity contribution in [3.8, 4) is 5.75 Å². The van der Waals surface area contributed by atoms with E-state index >= 15 is 0 Å². The van der Waals surface area contributed by atoms with Gasteiger partial charge in [0.05, 0.1) is 13.2 Å². The number of carboxylic acids is 1. The molecule has 2 aromatic carbocycles. The largest absolute Gasteiger partial charge is 0.488 e. The van der Waals surface area contributed by atoms with E-state index in [1.54, 1.807) is 24.3 Å². The van der Waals surface area contributed by atoms with Crippen molar-refractivity contribution in [1.82, 2.24) is 0 Å². The molecule has 0 saturated heterocycles. The Morgan fingerprint density at radius 2 is 2.05 bits per heavy atom. The average molecular weight is 284 g/mol. The molecule has 2 aromatic rings. The Hall–Kier alpha value is -2.33. The van der Waals surface area contributed by atoms with Gasteiger partial charge in [-0.2, -0.15) is 0 Å². The lowest BCUT2D eigenvalue weighted by atomic mass is 10.0. The highest BCUT2D eigenvalue weighted by molar-refractivity contribution is 5.90. The number of rotatable bonds is 4. The molecule has 0 bridgehead atoms. The Balaban J connectivity index is 1.75. The van der Waals surface area contributed by atoms with Crippen molar-refractivity contribution in [2.45, 2.75) is 19.6 Å². The van der Waals surface area contributed by atoms with Gasteiger partial charge in [0, 0.05) is 0 Å². The van der Waals surface area contributed by atoms with Crippen LogP contribution in [-0.4, -0.2) is 17.7 Å². The second kappa shape index (κ2) is 5.97. The van der Waals surface area contributed by atoms with Crippen LogP contribution >= 0.6 is 0 Å². The lowest BCUT2D eigenvalue weighted by Gasteiger charge is -2.17. The van der Waals surface area contributed by atoms with E-state index in [0.29, 0.717) is 19.0 Å². The van der Waals surface area contributed by atoms with Crippen LogP contribution in [0.1, 0.15) is 27.0 Å². The number of ether oxygens (including phenoxy) is 2. The molecule has 0 saturated carbocycles. The van der Waals surface area contributed by atoms with Gasteiger partial charge >= 0.3 is 5.97 Å². The molecule has 1 aliphatic heterocycles. The summed E-state index contributed by atoms with van der Waals surface area (Å²) in [6, 6.07) is 12.9. The van der Waals surface area contributed by atoms with E-state index in [0.717, 1.165) is 18.6 Å². The molecule has 1 heterocycles. The molecular formula is C17H16O4. The molecule has 3 rings (SSSR count). The highest BCUT2D eigenvalue weighted by atomic mass is 16.5. The summed E-state index contributed by atoms with van der Waals surface area (Å²) in [5.74, 6) is -0.594. The van der Waals surface area contributed by atoms with Crippen LogP contribution in [0.3, 0.4) is 0 Å². The van der Waals surface area contributed by atoms with E-state index in [-0.39, 0.29) is 5.56 Å². The third kappa shape index (κ3) is 3.06. The molecular weight excluding hydrogens is 268 g/mol. The molecule has 4 nitrogen and oxygen atoms in total. The minimum absolute atomic E-state index is 0.179. The van der Waals surface area contributed by atoms with E-state index in [2.05, 4.69) is 12.1 Å². The van der Waals surface area contributed by atoms with Gasteiger partial charge in [-0.25, -0.2) is 4.79 Å². The van der Waals surface area contributed by atoms with Crippen molar-refractivity contribution in [1.29, 1.82) is 0 Å². The zero-order chi connectivity index (χ0) is 14.7. The van der Waals surface area contributed by atoms with Crippen LogP contribution < -0.4 is 4.74 Å². The van der Waals surface area contributed by atoms with Crippen LogP contribution in [0.2, 0.25) is 0 Å². The monoisotopic (exact) mass is 284 g/mol. The first-order chi connectivity index (χ1) is 10.2. The zero-order valence-corrected chi connectivity index (χ0v) is 11.5. The molecule has 0 unspecified atom stereocenters. The number of fused-ring (bicyclic) bond motifs is 1. The Bertz CT molecular complexity index is 664. The molecule has 0 aliphatic carbocycles. The van der Waals surface area contributed by atoms with Crippen molar-refractivity contribution in [3.63, 3.8) is 0 Å². The predicted molar refractivity (Wildman–Crippen MR) is 77.5 cm³/mol. The molecule has 0 spiro atoms. The van der Waals surface area contributed by atoms with E-state index in [4.69, 9.17) is 14.6 Å². The number of para-hydroxylation sites is 1. The maximum Gasteiger partial charge on any atom is 0.339 e. The normalized spacial score (nSPS) is 13.5. The fraction of sp³-hybridized carbons (Fsp3) is 0.235. The molecule has 108 valence electrons. The summed E-state index contributed by atoms with van der Waals surface area (Å²) in [7, 11) is 0. The predicted octanol–water partition coefficient (Wildman–Crippen LogP) is 3.04. The summed E-state index contributed by atoms with van der Waals surface area (Å²) in [5, 5.41) is 9.12. The summed E-state index contributed by atoms with van der Waals surface area (Å²) < 4.78 is 11.1. The molecule has 0 atom stereocenters. The summed E-state index contributed by atoms with van der Waals surface area (Å²) in [5.41, 5.74) is 3.70. The number of aromatic carboxylic acids is 1. The SMILES string of the molecule is O=C(O)c1ccccc1OCc1ccc2c(c1)COCC2. The van der Waals surface area contributed by atoms with Crippen LogP contribution in [0.15, 0.2) is 42.5 Å². The second-order valence-corrected chi connectivity index (χ2v) is 5.00. The van der Waals surface area contributed by atoms with Gasteiger partial charge in [-0.15, -0.1) is 0 Å². The van der Waals surface area contributed by atoms with Crippen LogP contribution in [0.4, 0.5) is 0 Å². The van der Waals surface area contributed by atoms with E-state index in [1.807, 2.05) is 6.07 Å². The zero-order valence-electron chi connectivity index (χ0n) is 11.5. The second-order valence-electron chi connectivity index (χ2n) is 5.00. The van der Waals surface area contributed by atoms with E-state index in [1.165, 1.54) is 11.1 Å². The first-order valence-corrected chi connectivity index (χ1v) is 6.87. The molecule has 21 heavy (non-hydrogen) atoms. The van der Waals surface area contributed by atoms with Gasteiger partial charge in [-0.05, 0) is 41.3 Å². The Morgan fingerprint density at radius 3 is 2.90 bits per heavy atom. The van der Waals surface area contributed by atoms with Crippen LogP contribution in [0.25, 0.3) is 0 Å². The van der Waals surface area contributed by atoms with Gasteiger partial charge in [-0.1, -0.05) is 24.3 Å². The quantitative estimate of drug-likeness (QED) is 0.937. The third-order valence-corrected chi connectivity index (χ3v) is 3.56. The van der Waals surface area contributed by atoms with Gasteiger partial charge in [0.1, 0.15) is 17.9 Å². The lowest BCUT2D eigenvalue weighted by Crippen LogP contribution is -2.10. The van der Waals surface area contributed by atoms with Gasteiger partial charge in [0.15, 0.2) is 0 Å². The fourth-order valence-corrected chi connectivity index (χ4v) is 2.44. The molecule has 0 amide bonds. The van der Waals surface area contributed by atoms with Crippen molar-refractivity contribution < 1.29 is 19.4 Å². The van der Waals surface area contributed by atoms with Crippen molar-refractivity contribution >= 4 is 5.97 Å². The van der Waals surface area contributed by atoms with Gasteiger partial charge in [-0.3, -0.25) is 0 Å². The van der Waals surface area contributed by atoms with Gasteiger partial charge in [0.2, 0.25) is 0 Å². The number of hydrogen-bond donors (Lipinski definition) is 1. The minimum Gasteiger partial charge on any atom is -0.488 e. The number of carboxylic acid groups (broad SMARTS) is 1. The molecule has 0 fully saturated rings. The topological polar surface area (TPSA) is 55.8 Å². The summed E-state index contributed by atoms with van der Waals surface area (Å²) >= 11 is 0. The van der Waals surface area contributed by atoms with Gasteiger partial charge in [0.25, 0.3) is 0 Å². The average Bonchev–Trinajstić information content (AvgIpc) is 2.53. The maximum atomic E-state index is 11.1. The maximum absolute atomic E-state index is 11.1. The first kappa shape index (κ1) is 13.6. The Morgan fingerprint density at radius 1 is 1.19 bits per heavy atom. The van der Waals surface area contributed by atoms with Crippen LogP contribution in [0.5, 0.6) is 5.75 Å². The lowest BCUT2D eigenvalue weighted by molar-refractivity contribution is 0.0692. The molecule has 0 radical (unpaired) electrons. The van der Waals surface area contributed by atoms with E-state index in [9.17, 15) is 4.79 Å². The summed E-state index contributed by atoms with van der Waals surface area (Å²) in [6.45, 7) is 1.75. The standard InChI is InChI=1S/C17H16O4/c18-17(19)15-3-1-2-4-16(15)21-10-12-5-6-13-7-8-20-11-14(13)9-12/h1-6,9H,7-8,10-11H2,(H,18,19). The minimum atomic E-state index is -0.982. The number of benzene rings is 2. The number of carbonyl (C=O) groups is 1. The van der Waals surface area contributed by atoms with Crippen LogP contribution in [0, 0.1) is 0 Å². The van der Waals surface area contributed by atoms with Gasteiger partial charge < -0.3 is 14.6 Å². The smallest absolute Gasteiger partial charge is 0.339 e. The first-order valence-electron chi connectivity index (χ1n) is 6.87. The molecule has 1 aliphatic rings. The van der Waals surface area contributed by atoms with Crippen molar-refractivity contribution in [2.75, 3.05) is 6.61 Å². The fourth-order valence-electron chi connectivity index (χ4n) is 2.44. The van der Waals surface area contributed by atoms with E-state index < -0.39 is 5.97 Å². The van der Waals surface area contributed by atoms with Crippen LogP contribution in [-0.2, 0) is 24.4 Å². The highest BCUT2D eigenvalue weighted by Gasteiger charge is 2.12. The van der Waals surface area contributed by atoms with Crippen molar-refractivity contribution in [3.05, 3.63) is 64.7 Å². The molecule has 1 N–H and O–H groups in total. The third-order valence-electron chi connectivity index (χ3n) is 3.56. The Labute approximate surface area is 122 Å². The molecule has 0 aromatic heterocycles. The highest BCUT2D eigenvalue weighted by Crippen LogP contribution is 2.22. The Kier molecular flexibility index (Phi) is 3.88. The number of hydrogen-bond acceptors (Lipinski definition) is 3. The van der Waals surface area contributed by atoms with Crippen molar-refractivity contribution in [2.24, 2.45) is 0 Å². The summed E-state index contributed by atoms with van der Waals surface area (Å²) in [6.07, 6.45) is 0.943.